The van der Waals surface area contributed by atoms with Crippen molar-refractivity contribution in [1.82, 2.24) is 15.2 Å². The maximum Gasteiger partial charge on any atom is 0.251 e. The molecule has 0 radical (unpaired) electrons. The number of carbonyl (C=O) groups excluding carboxylic acids is 1. The third-order valence-corrected chi connectivity index (χ3v) is 6.81. The fraction of sp³-hybridized carbons (Fsp3) is 0.320. The number of benzene rings is 1. The number of hydrogen-bond donors (Lipinski definition) is 2. The molecule has 162 valence electrons. The molecular formula is C25H24FN5O. The monoisotopic (exact) mass is 429 g/mol. The van der Waals surface area contributed by atoms with Crippen LogP contribution in [0.5, 0.6) is 0 Å². The van der Waals surface area contributed by atoms with Gasteiger partial charge in [-0.15, -0.1) is 0 Å². The molecule has 1 aromatic carbocycles. The number of likely N-dealkylation sites (tertiary alicyclic amines) is 1. The van der Waals surface area contributed by atoms with E-state index in [0.717, 1.165) is 41.9 Å². The maximum absolute atomic E-state index is 13.3. The van der Waals surface area contributed by atoms with Crippen LogP contribution in [0.25, 0.3) is 11.1 Å². The fourth-order valence-electron chi connectivity index (χ4n) is 4.86. The number of aromatic nitrogens is 1. The quantitative estimate of drug-likeness (QED) is 0.690. The summed E-state index contributed by atoms with van der Waals surface area (Å²) >= 11 is 0. The first-order valence-electron chi connectivity index (χ1n) is 10.9. The average Bonchev–Trinajstić information content (AvgIpc) is 3.05. The van der Waals surface area contributed by atoms with Gasteiger partial charge in [0.25, 0.3) is 5.91 Å². The van der Waals surface area contributed by atoms with Crippen LogP contribution in [0.3, 0.4) is 0 Å². The topological polar surface area (TPSA) is 81.1 Å². The van der Waals surface area contributed by atoms with Crippen molar-refractivity contribution in [2.75, 3.05) is 18.4 Å². The SMILES string of the molecule is N#CN1CC2CC[C@]2(NC(=O)c2ccc(-c3ccncc3NC3=CC=C(F)CC3)cc2)C1. The van der Waals surface area contributed by atoms with Gasteiger partial charge in [-0.2, -0.15) is 5.26 Å². The van der Waals surface area contributed by atoms with Crippen molar-refractivity contribution in [2.45, 2.75) is 31.2 Å². The van der Waals surface area contributed by atoms with E-state index in [1.54, 1.807) is 23.4 Å². The van der Waals surface area contributed by atoms with Crippen LogP contribution < -0.4 is 10.6 Å². The molecule has 2 aromatic rings. The summed E-state index contributed by atoms with van der Waals surface area (Å²) in [5.74, 6) is 0.144. The largest absolute Gasteiger partial charge is 0.357 e. The highest BCUT2D eigenvalue weighted by Crippen LogP contribution is 2.44. The van der Waals surface area contributed by atoms with Crippen LogP contribution in [0.1, 0.15) is 36.0 Å². The molecule has 1 aromatic heterocycles. The van der Waals surface area contributed by atoms with Crippen molar-refractivity contribution < 1.29 is 9.18 Å². The van der Waals surface area contributed by atoms with Crippen LogP contribution in [0.4, 0.5) is 10.1 Å². The van der Waals surface area contributed by atoms with Gasteiger partial charge in [-0.05, 0) is 55.2 Å². The van der Waals surface area contributed by atoms with Gasteiger partial charge in [-0.3, -0.25) is 9.78 Å². The molecule has 2 atom stereocenters. The Balaban J connectivity index is 1.31. The second kappa shape index (κ2) is 8.12. The standard InChI is InChI=1S/C25H24FN5O/c26-20-5-7-21(8-6-20)29-23-13-28-12-10-22(23)17-1-3-18(4-2-17)24(32)30-25-11-9-19(25)14-31(15-25)16-27/h1-5,7,10,12-13,19,29H,6,8-9,11,14-15H2,(H,30,32)/t19?,25-/m0/s1. The van der Waals surface area contributed by atoms with Crippen LogP contribution in [-0.4, -0.2) is 34.4 Å². The van der Waals surface area contributed by atoms with Gasteiger partial charge in [0.2, 0.25) is 0 Å². The second-order valence-electron chi connectivity index (χ2n) is 8.76. The smallest absolute Gasteiger partial charge is 0.251 e. The Morgan fingerprint density at radius 2 is 2.06 bits per heavy atom. The van der Waals surface area contributed by atoms with Crippen LogP contribution in [0.2, 0.25) is 0 Å². The van der Waals surface area contributed by atoms with E-state index in [1.807, 2.05) is 30.3 Å². The highest BCUT2D eigenvalue weighted by atomic mass is 19.1. The molecule has 2 N–H and O–H groups in total. The normalized spacial score (nSPS) is 23.9. The molecule has 0 spiro atoms. The molecule has 1 saturated carbocycles. The molecular weight excluding hydrogens is 405 g/mol. The highest BCUT2D eigenvalue weighted by Gasteiger charge is 2.54. The number of allylic oxidation sites excluding steroid dienone is 4. The lowest BCUT2D eigenvalue weighted by molar-refractivity contribution is 0.0762. The number of pyridine rings is 1. The van der Waals surface area contributed by atoms with E-state index in [0.29, 0.717) is 30.9 Å². The number of nitriles is 1. The summed E-state index contributed by atoms with van der Waals surface area (Å²) in [6, 6.07) is 9.43. The Morgan fingerprint density at radius 3 is 2.75 bits per heavy atom. The Morgan fingerprint density at radius 1 is 1.22 bits per heavy atom. The molecule has 6 nitrogen and oxygen atoms in total. The molecule has 32 heavy (non-hydrogen) atoms. The second-order valence-corrected chi connectivity index (χ2v) is 8.76. The molecule has 1 saturated heterocycles. The number of hydrogen-bond acceptors (Lipinski definition) is 5. The van der Waals surface area contributed by atoms with Crippen molar-refractivity contribution in [3.63, 3.8) is 0 Å². The lowest BCUT2D eigenvalue weighted by Gasteiger charge is -2.44. The Labute approximate surface area is 186 Å². The third-order valence-electron chi connectivity index (χ3n) is 6.81. The number of nitrogens with one attached hydrogen (secondary N) is 2. The fourth-order valence-corrected chi connectivity index (χ4v) is 4.86. The predicted molar refractivity (Wildman–Crippen MR) is 120 cm³/mol. The number of carbonyl (C=O) groups is 1. The summed E-state index contributed by atoms with van der Waals surface area (Å²) in [4.78, 5) is 18.9. The van der Waals surface area contributed by atoms with E-state index < -0.39 is 0 Å². The minimum Gasteiger partial charge on any atom is -0.357 e. The number of rotatable bonds is 5. The van der Waals surface area contributed by atoms with Crippen LogP contribution in [0.15, 0.2) is 66.4 Å². The van der Waals surface area contributed by atoms with E-state index in [4.69, 9.17) is 0 Å². The minimum atomic E-state index is -0.269. The lowest BCUT2D eigenvalue weighted by Crippen LogP contribution is -2.60. The van der Waals surface area contributed by atoms with E-state index >= 15 is 0 Å². The number of anilines is 1. The summed E-state index contributed by atoms with van der Waals surface area (Å²) in [6.45, 7) is 1.32. The summed E-state index contributed by atoms with van der Waals surface area (Å²) in [5.41, 5.74) is 4.03. The number of halogens is 1. The van der Waals surface area contributed by atoms with Gasteiger partial charge in [0.1, 0.15) is 5.83 Å². The number of nitrogens with zero attached hydrogens (tertiary/aromatic N) is 3. The molecule has 1 aliphatic heterocycles. The summed E-state index contributed by atoms with van der Waals surface area (Å²) < 4.78 is 13.3. The van der Waals surface area contributed by atoms with Gasteiger partial charge in [0, 0.05) is 41.9 Å². The first-order valence-corrected chi connectivity index (χ1v) is 10.9. The molecule has 0 bridgehead atoms. The van der Waals surface area contributed by atoms with Gasteiger partial charge in [0.15, 0.2) is 6.19 Å². The van der Waals surface area contributed by atoms with E-state index in [9.17, 15) is 14.4 Å². The zero-order valence-electron chi connectivity index (χ0n) is 17.6. The van der Waals surface area contributed by atoms with Crippen molar-refractivity contribution in [2.24, 2.45) is 5.92 Å². The molecule has 2 heterocycles. The van der Waals surface area contributed by atoms with Crippen molar-refractivity contribution in [1.29, 1.82) is 5.26 Å². The highest BCUT2D eigenvalue weighted by molar-refractivity contribution is 5.95. The lowest BCUT2D eigenvalue weighted by atomic mass is 9.69. The van der Waals surface area contributed by atoms with Gasteiger partial charge in [-0.25, -0.2) is 4.39 Å². The zero-order chi connectivity index (χ0) is 22.1. The first kappa shape index (κ1) is 20.3. The average molecular weight is 429 g/mol. The zero-order valence-corrected chi connectivity index (χ0v) is 17.6. The predicted octanol–water partition coefficient (Wildman–Crippen LogP) is 4.37. The molecule has 1 amide bonds. The first-order chi connectivity index (χ1) is 15.6. The molecule has 2 fully saturated rings. The van der Waals surface area contributed by atoms with E-state index in [1.165, 1.54) is 6.08 Å². The van der Waals surface area contributed by atoms with Crippen LogP contribution in [-0.2, 0) is 0 Å². The molecule has 5 rings (SSSR count). The summed E-state index contributed by atoms with van der Waals surface area (Å²) in [5, 5.41) is 15.8. The van der Waals surface area contributed by atoms with Gasteiger partial charge in [-0.1, -0.05) is 12.1 Å². The molecule has 3 aliphatic rings. The van der Waals surface area contributed by atoms with Crippen LogP contribution >= 0.6 is 0 Å². The molecule has 2 aliphatic carbocycles. The minimum absolute atomic E-state index is 0.102. The van der Waals surface area contributed by atoms with Crippen molar-refractivity contribution in [3.8, 4) is 17.3 Å². The van der Waals surface area contributed by atoms with Gasteiger partial charge >= 0.3 is 0 Å². The third kappa shape index (κ3) is 3.73. The number of fused-ring (bicyclic) bond motifs is 1. The Bertz CT molecular complexity index is 1150. The molecule has 7 heteroatoms. The summed E-state index contributed by atoms with van der Waals surface area (Å²) in [7, 11) is 0. The summed E-state index contributed by atoms with van der Waals surface area (Å²) in [6.07, 6.45) is 11.9. The van der Waals surface area contributed by atoms with Crippen molar-refractivity contribution in [3.05, 3.63) is 72.0 Å². The molecule has 1 unspecified atom stereocenters. The van der Waals surface area contributed by atoms with Gasteiger partial charge in [0.05, 0.1) is 24.0 Å². The Kier molecular flexibility index (Phi) is 5.14. The van der Waals surface area contributed by atoms with Crippen LogP contribution in [0, 0.1) is 17.4 Å². The van der Waals surface area contributed by atoms with Crippen molar-refractivity contribution >= 4 is 11.6 Å². The van der Waals surface area contributed by atoms with Gasteiger partial charge < -0.3 is 15.5 Å². The maximum atomic E-state index is 13.3. The number of amides is 1. The van der Waals surface area contributed by atoms with E-state index in [-0.39, 0.29) is 17.3 Å². The Hall–Kier alpha value is -3.66. The van der Waals surface area contributed by atoms with E-state index in [2.05, 4.69) is 21.8 Å².